The molecule has 0 unspecified atom stereocenters. The summed E-state index contributed by atoms with van der Waals surface area (Å²) in [6, 6.07) is 21.2. The predicted octanol–water partition coefficient (Wildman–Crippen LogP) is 4.55. The van der Waals surface area contributed by atoms with E-state index in [1.807, 2.05) is 73.7 Å². The van der Waals surface area contributed by atoms with Crippen LogP contribution in [0.2, 0.25) is 0 Å². The molecular weight excluding hydrogens is 480 g/mol. The van der Waals surface area contributed by atoms with Crippen LogP contribution in [0.25, 0.3) is 0 Å². The topological polar surface area (TPSA) is 78.3 Å². The lowest BCUT2D eigenvalue weighted by Gasteiger charge is -2.31. The van der Waals surface area contributed by atoms with E-state index in [4.69, 9.17) is 9.15 Å². The maximum atomic E-state index is 13.7. The van der Waals surface area contributed by atoms with Crippen molar-refractivity contribution in [3.63, 3.8) is 0 Å². The summed E-state index contributed by atoms with van der Waals surface area (Å²) in [6.07, 6.45) is 0.802. The van der Waals surface area contributed by atoms with Crippen LogP contribution >= 0.6 is 0 Å². The molecule has 8 nitrogen and oxygen atoms in total. The van der Waals surface area contributed by atoms with E-state index in [9.17, 15) is 9.59 Å². The number of hydrogen-bond donors (Lipinski definition) is 1. The van der Waals surface area contributed by atoms with Crippen molar-refractivity contribution >= 4 is 17.6 Å². The summed E-state index contributed by atoms with van der Waals surface area (Å²) in [6.45, 7) is 8.79. The normalized spacial score (nSPS) is 13.7. The second-order valence-corrected chi connectivity index (χ2v) is 9.56. The number of benzene rings is 2. The molecule has 2 aromatic carbocycles. The van der Waals surface area contributed by atoms with Gasteiger partial charge in [-0.1, -0.05) is 55.5 Å². The Morgan fingerprint density at radius 1 is 0.921 bits per heavy atom. The molecule has 1 aliphatic heterocycles. The third-order valence-electron chi connectivity index (χ3n) is 6.75. The molecular formula is C30H38N4O4. The van der Waals surface area contributed by atoms with E-state index in [2.05, 4.69) is 17.1 Å². The Kier molecular flexibility index (Phi) is 9.95. The van der Waals surface area contributed by atoms with Gasteiger partial charge in [0.15, 0.2) is 0 Å². The number of anilines is 1. The zero-order valence-electron chi connectivity index (χ0n) is 22.4. The fourth-order valence-corrected chi connectivity index (χ4v) is 4.54. The van der Waals surface area contributed by atoms with E-state index in [-0.39, 0.29) is 18.5 Å². The number of aryl methyl sites for hydroxylation is 2. The number of amides is 3. The van der Waals surface area contributed by atoms with Gasteiger partial charge in [-0.15, -0.1) is 0 Å². The number of furan rings is 1. The number of ether oxygens (including phenoxy) is 1. The van der Waals surface area contributed by atoms with E-state index in [1.165, 1.54) is 0 Å². The Bertz CT molecular complexity index is 1170. The minimum absolute atomic E-state index is 0.0308. The molecule has 4 rings (SSSR count). The van der Waals surface area contributed by atoms with Crippen LogP contribution in [0.15, 0.2) is 71.1 Å². The number of rotatable bonds is 11. The molecule has 8 heteroatoms. The Balaban J connectivity index is 1.51. The highest BCUT2D eigenvalue weighted by Crippen LogP contribution is 2.17. The minimum atomic E-state index is -0.277. The number of hydrogen-bond acceptors (Lipinski definition) is 5. The van der Waals surface area contributed by atoms with Crippen LogP contribution < -0.4 is 5.32 Å². The van der Waals surface area contributed by atoms with E-state index < -0.39 is 0 Å². The first kappa shape index (κ1) is 27.4. The van der Waals surface area contributed by atoms with Gasteiger partial charge in [0.2, 0.25) is 5.91 Å². The highest BCUT2D eigenvalue weighted by Gasteiger charge is 2.24. The van der Waals surface area contributed by atoms with Gasteiger partial charge in [0.05, 0.1) is 19.8 Å². The summed E-state index contributed by atoms with van der Waals surface area (Å²) in [5.74, 6) is 1.38. The summed E-state index contributed by atoms with van der Waals surface area (Å²) in [4.78, 5) is 32.9. The minimum Gasteiger partial charge on any atom is -0.464 e. The average molecular weight is 519 g/mol. The number of nitrogens with one attached hydrogen (secondary N) is 1. The van der Waals surface area contributed by atoms with Gasteiger partial charge in [0.1, 0.15) is 18.1 Å². The third-order valence-corrected chi connectivity index (χ3v) is 6.75. The van der Waals surface area contributed by atoms with Crippen LogP contribution in [-0.4, -0.2) is 72.6 Å². The monoisotopic (exact) mass is 518 g/mol. The fourth-order valence-electron chi connectivity index (χ4n) is 4.54. The average Bonchev–Trinajstić information content (AvgIpc) is 3.36. The Morgan fingerprint density at radius 3 is 2.37 bits per heavy atom. The molecule has 202 valence electrons. The molecule has 1 aliphatic rings. The number of morpholine rings is 1. The van der Waals surface area contributed by atoms with Gasteiger partial charge in [-0.3, -0.25) is 9.69 Å². The summed E-state index contributed by atoms with van der Waals surface area (Å²) in [7, 11) is 0. The Labute approximate surface area is 225 Å². The predicted molar refractivity (Wildman–Crippen MR) is 148 cm³/mol. The van der Waals surface area contributed by atoms with Crippen LogP contribution in [0.3, 0.4) is 0 Å². The molecule has 0 spiro atoms. The van der Waals surface area contributed by atoms with Crippen LogP contribution in [0, 0.1) is 6.92 Å². The summed E-state index contributed by atoms with van der Waals surface area (Å²) < 4.78 is 11.2. The number of para-hydroxylation sites is 1. The quantitative estimate of drug-likeness (QED) is 0.403. The highest BCUT2D eigenvalue weighted by atomic mass is 16.5. The number of urea groups is 1. The van der Waals surface area contributed by atoms with E-state index in [0.717, 1.165) is 42.1 Å². The van der Waals surface area contributed by atoms with Gasteiger partial charge in [0, 0.05) is 38.4 Å². The van der Waals surface area contributed by atoms with Gasteiger partial charge in [-0.25, -0.2) is 4.79 Å². The summed E-state index contributed by atoms with van der Waals surface area (Å²) >= 11 is 0. The lowest BCUT2D eigenvalue weighted by molar-refractivity contribution is -0.133. The van der Waals surface area contributed by atoms with Crippen LogP contribution in [0.1, 0.15) is 29.6 Å². The van der Waals surface area contributed by atoms with Gasteiger partial charge < -0.3 is 24.3 Å². The van der Waals surface area contributed by atoms with Gasteiger partial charge in [-0.05, 0) is 42.7 Å². The van der Waals surface area contributed by atoms with Crippen molar-refractivity contribution in [1.82, 2.24) is 14.7 Å². The van der Waals surface area contributed by atoms with Crippen LogP contribution in [0.4, 0.5) is 10.5 Å². The first-order valence-corrected chi connectivity index (χ1v) is 13.3. The summed E-state index contributed by atoms with van der Waals surface area (Å²) in [5.41, 5.74) is 2.85. The number of carbonyl (C=O) groups is 2. The van der Waals surface area contributed by atoms with E-state index in [1.54, 1.807) is 9.80 Å². The van der Waals surface area contributed by atoms with Crippen molar-refractivity contribution < 1.29 is 18.7 Å². The second kappa shape index (κ2) is 13.8. The second-order valence-electron chi connectivity index (χ2n) is 9.56. The molecule has 0 radical (unpaired) electrons. The van der Waals surface area contributed by atoms with Gasteiger partial charge >= 0.3 is 6.03 Å². The lowest BCUT2D eigenvalue weighted by atomic mass is 10.1. The van der Waals surface area contributed by atoms with Gasteiger partial charge in [0.25, 0.3) is 0 Å². The van der Waals surface area contributed by atoms with Crippen LogP contribution in [-0.2, 0) is 29.0 Å². The van der Waals surface area contributed by atoms with E-state index in [0.29, 0.717) is 45.2 Å². The molecule has 2 heterocycles. The van der Waals surface area contributed by atoms with Crippen LogP contribution in [0.5, 0.6) is 0 Å². The molecule has 1 fully saturated rings. The molecule has 3 amide bonds. The highest BCUT2D eigenvalue weighted by molar-refractivity contribution is 5.93. The number of nitrogens with zero attached hydrogens (tertiary/aromatic N) is 3. The molecule has 1 saturated heterocycles. The SMILES string of the molecule is CCc1ccccc1NC(=O)N(CCN1CCOCC1)CC(=O)N(Cc1ccccc1)Cc1ccc(C)o1. The molecule has 0 atom stereocenters. The first-order valence-electron chi connectivity index (χ1n) is 13.3. The zero-order valence-corrected chi connectivity index (χ0v) is 22.4. The number of carbonyl (C=O) groups excluding carboxylic acids is 2. The molecule has 38 heavy (non-hydrogen) atoms. The molecule has 0 bridgehead atoms. The van der Waals surface area contributed by atoms with Crippen molar-refractivity contribution in [2.24, 2.45) is 0 Å². The standard InChI is InChI=1S/C30H38N4O4/c1-3-26-11-7-8-12-28(26)31-30(36)33(16-15-32-17-19-37-20-18-32)23-29(35)34(21-25-9-5-4-6-10-25)22-27-14-13-24(2)38-27/h4-14H,3,15-23H2,1-2H3,(H,31,36). The van der Waals surface area contributed by atoms with Gasteiger partial charge in [-0.2, -0.15) is 0 Å². The maximum absolute atomic E-state index is 13.7. The Hall–Kier alpha value is -3.62. The molecule has 1 aromatic heterocycles. The van der Waals surface area contributed by atoms with Crippen molar-refractivity contribution in [2.75, 3.05) is 51.3 Å². The molecule has 0 saturated carbocycles. The van der Waals surface area contributed by atoms with Crippen molar-refractivity contribution in [1.29, 1.82) is 0 Å². The van der Waals surface area contributed by atoms with Crippen molar-refractivity contribution in [2.45, 2.75) is 33.4 Å². The molecule has 0 aliphatic carbocycles. The largest absolute Gasteiger partial charge is 0.464 e. The van der Waals surface area contributed by atoms with Crippen molar-refractivity contribution in [3.8, 4) is 0 Å². The Morgan fingerprint density at radius 2 is 1.66 bits per heavy atom. The lowest BCUT2D eigenvalue weighted by Crippen LogP contribution is -2.48. The smallest absolute Gasteiger partial charge is 0.322 e. The zero-order chi connectivity index (χ0) is 26.7. The third kappa shape index (κ3) is 7.94. The summed E-state index contributed by atoms with van der Waals surface area (Å²) in [5, 5.41) is 3.05. The maximum Gasteiger partial charge on any atom is 0.322 e. The van der Waals surface area contributed by atoms with Crippen molar-refractivity contribution in [3.05, 3.63) is 89.4 Å². The fraction of sp³-hybridized carbons (Fsp3) is 0.400. The molecule has 1 N–H and O–H groups in total. The molecule has 3 aromatic rings. The van der Waals surface area contributed by atoms with E-state index >= 15 is 0 Å². The first-order chi connectivity index (χ1) is 18.5.